The van der Waals surface area contributed by atoms with Crippen LogP contribution in [0.25, 0.3) is 0 Å². The van der Waals surface area contributed by atoms with Crippen molar-refractivity contribution >= 4 is 44.8 Å². The molecule has 9 heteroatoms. The second-order valence-electron chi connectivity index (χ2n) is 8.97. The van der Waals surface area contributed by atoms with Crippen molar-refractivity contribution in [3.05, 3.63) is 137 Å². The number of hydrogen-bond donors (Lipinski definition) is 2. The quantitative estimate of drug-likeness (QED) is 0.220. The molecule has 0 aromatic heterocycles. The first-order valence-corrected chi connectivity index (χ1v) is 14.2. The van der Waals surface area contributed by atoms with Gasteiger partial charge in [-0.1, -0.05) is 71.8 Å². The average molecular weight is 574 g/mol. The molecule has 0 aliphatic heterocycles. The van der Waals surface area contributed by atoms with E-state index in [2.05, 4.69) is 17.2 Å². The minimum atomic E-state index is -4.09. The summed E-state index contributed by atoms with van der Waals surface area (Å²) >= 11 is 6.05. The largest absolute Gasteiger partial charge is 0.349 e. The van der Waals surface area contributed by atoms with Crippen LogP contribution in [-0.2, 0) is 16.6 Å². The first-order valence-electron chi connectivity index (χ1n) is 12.4. The van der Waals surface area contributed by atoms with Gasteiger partial charge < -0.3 is 10.6 Å². The molecule has 0 aliphatic rings. The number of benzene rings is 4. The summed E-state index contributed by atoms with van der Waals surface area (Å²) < 4.78 is 29.2. The number of rotatable bonds is 10. The molecule has 4 aromatic rings. The Morgan fingerprint density at radius 1 is 0.850 bits per heavy atom. The van der Waals surface area contributed by atoms with Crippen molar-refractivity contribution in [3.8, 4) is 0 Å². The minimum Gasteiger partial charge on any atom is -0.349 e. The molecule has 4 aromatic carbocycles. The van der Waals surface area contributed by atoms with Gasteiger partial charge in [-0.3, -0.25) is 13.9 Å². The van der Waals surface area contributed by atoms with E-state index in [4.69, 9.17) is 11.6 Å². The Kier molecular flexibility index (Phi) is 9.04. The predicted molar refractivity (Wildman–Crippen MR) is 159 cm³/mol. The maximum absolute atomic E-state index is 14.0. The number of nitrogens with one attached hydrogen (secondary N) is 2. The van der Waals surface area contributed by atoms with E-state index in [1.165, 1.54) is 4.31 Å². The van der Waals surface area contributed by atoms with Crippen LogP contribution in [0.1, 0.15) is 31.8 Å². The highest BCUT2D eigenvalue weighted by molar-refractivity contribution is 7.92. The molecule has 0 atom stereocenters. The molecule has 0 bridgehead atoms. The van der Waals surface area contributed by atoms with E-state index in [-0.39, 0.29) is 46.4 Å². The maximum atomic E-state index is 14.0. The molecule has 0 unspecified atom stereocenters. The molecule has 0 radical (unpaired) electrons. The fourth-order valence-corrected chi connectivity index (χ4v) is 5.61. The molecule has 0 heterocycles. The zero-order valence-corrected chi connectivity index (χ0v) is 23.4. The molecule has 2 N–H and O–H groups in total. The van der Waals surface area contributed by atoms with Crippen LogP contribution in [0.5, 0.6) is 0 Å². The van der Waals surface area contributed by atoms with E-state index < -0.39 is 15.9 Å². The number of halogens is 1. The van der Waals surface area contributed by atoms with Crippen LogP contribution in [-0.4, -0.2) is 26.8 Å². The van der Waals surface area contributed by atoms with Gasteiger partial charge in [-0.2, -0.15) is 0 Å². The van der Waals surface area contributed by atoms with Crippen molar-refractivity contribution in [2.45, 2.75) is 18.4 Å². The van der Waals surface area contributed by atoms with E-state index in [9.17, 15) is 18.0 Å². The van der Waals surface area contributed by atoms with Crippen LogP contribution in [0.3, 0.4) is 0 Å². The summed E-state index contributed by atoms with van der Waals surface area (Å²) in [5.74, 6) is -0.949. The lowest BCUT2D eigenvalue weighted by Crippen LogP contribution is -2.32. The molecule has 204 valence electrons. The van der Waals surface area contributed by atoms with Crippen molar-refractivity contribution in [3.63, 3.8) is 0 Å². The predicted octanol–water partition coefficient (Wildman–Crippen LogP) is 6.21. The van der Waals surface area contributed by atoms with Gasteiger partial charge in [-0.15, -0.1) is 6.58 Å². The summed E-state index contributed by atoms with van der Waals surface area (Å²) in [6, 6.07) is 26.4. The topological polar surface area (TPSA) is 95.6 Å². The molecular formula is C31H28ClN3O4S. The molecule has 0 spiro atoms. The number of aryl methyl sites for hydroxylation is 1. The summed E-state index contributed by atoms with van der Waals surface area (Å²) in [6.07, 6.45) is 1.55. The third-order valence-corrected chi connectivity index (χ3v) is 8.12. The fourth-order valence-electron chi connectivity index (χ4n) is 4.02. The van der Waals surface area contributed by atoms with Crippen molar-refractivity contribution in [1.82, 2.24) is 5.32 Å². The minimum absolute atomic E-state index is 0.0434. The number of amides is 2. The summed E-state index contributed by atoms with van der Waals surface area (Å²) in [6.45, 7) is 5.69. The van der Waals surface area contributed by atoms with Crippen molar-refractivity contribution in [1.29, 1.82) is 0 Å². The highest BCUT2D eigenvalue weighted by atomic mass is 35.5. The van der Waals surface area contributed by atoms with Gasteiger partial charge in [0.2, 0.25) is 0 Å². The van der Waals surface area contributed by atoms with Gasteiger partial charge in [0, 0.05) is 11.6 Å². The number of anilines is 2. The van der Waals surface area contributed by atoms with Crippen LogP contribution >= 0.6 is 11.6 Å². The van der Waals surface area contributed by atoms with Crippen molar-refractivity contribution in [2.75, 3.05) is 16.2 Å². The van der Waals surface area contributed by atoms with Gasteiger partial charge in [0.1, 0.15) is 0 Å². The zero-order chi connectivity index (χ0) is 28.7. The first kappa shape index (κ1) is 28.6. The molecule has 2 amide bonds. The second-order valence-corrected chi connectivity index (χ2v) is 11.3. The third-order valence-electron chi connectivity index (χ3n) is 6.09. The molecule has 0 saturated carbocycles. The summed E-state index contributed by atoms with van der Waals surface area (Å²) in [5.41, 5.74) is 2.45. The second kappa shape index (κ2) is 12.6. The number of para-hydroxylation sites is 2. The lowest BCUT2D eigenvalue weighted by molar-refractivity contribution is 0.0959. The summed E-state index contributed by atoms with van der Waals surface area (Å²) in [4.78, 5) is 26.4. The maximum Gasteiger partial charge on any atom is 0.264 e. The van der Waals surface area contributed by atoms with E-state index in [1.807, 2.05) is 6.92 Å². The summed E-state index contributed by atoms with van der Waals surface area (Å²) in [7, 11) is -4.09. The van der Waals surface area contributed by atoms with Crippen LogP contribution < -0.4 is 14.9 Å². The van der Waals surface area contributed by atoms with Gasteiger partial charge in [-0.05, 0) is 61.0 Å². The van der Waals surface area contributed by atoms with Gasteiger partial charge in [0.05, 0.1) is 33.9 Å². The Morgan fingerprint density at radius 3 is 2.15 bits per heavy atom. The number of carbonyl (C=O) groups excluding carboxylic acids is 2. The Morgan fingerprint density at radius 2 is 1.48 bits per heavy atom. The Labute approximate surface area is 239 Å². The number of carbonyl (C=O) groups is 2. The normalized spacial score (nSPS) is 10.9. The van der Waals surface area contributed by atoms with Crippen molar-refractivity contribution < 1.29 is 18.0 Å². The highest BCUT2D eigenvalue weighted by Gasteiger charge is 2.29. The Hall–Kier alpha value is -4.40. The molecule has 0 aliphatic carbocycles. The monoisotopic (exact) mass is 573 g/mol. The van der Waals surface area contributed by atoms with Crippen LogP contribution in [0, 0.1) is 6.92 Å². The number of hydrogen-bond acceptors (Lipinski definition) is 4. The molecule has 0 fully saturated rings. The van der Waals surface area contributed by atoms with E-state index in [0.29, 0.717) is 10.6 Å². The summed E-state index contributed by atoms with van der Waals surface area (Å²) in [5, 5.41) is 6.01. The molecular weight excluding hydrogens is 546 g/mol. The van der Waals surface area contributed by atoms with Gasteiger partial charge in [-0.25, -0.2) is 8.42 Å². The highest BCUT2D eigenvalue weighted by Crippen LogP contribution is 2.30. The first-order chi connectivity index (χ1) is 19.2. The standard InChI is InChI=1S/C31H28ClN3O4S/c1-3-20-33-30(36)26-8-4-6-10-28(26)34-31(37)27-9-5-7-11-29(27)35(21-23-14-16-24(32)17-15-23)40(38,39)25-18-12-22(2)13-19-25/h3-19H,1,20-21H2,2H3,(H,33,36)(H,34,37). The van der Waals surface area contributed by atoms with E-state index in [1.54, 1.807) is 103 Å². The molecule has 4 rings (SSSR count). The fraction of sp³-hybridized carbons (Fsp3) is 0.0968. The van der Waals surface area contributed by atoms with Crippen LogP contribution in [0.4, 0.5) is 11.4 Å². The Balaban J connectivity index is 1.76. The van der Waals surface area contributed by atoms with Gasteiger partial charge >= 0.3 is 0 Å². The lowest BCUT2D eigenvalue weighted by atomic mass is 10.1. The van der Waals surface area contributed by atoms with Crippen LogP contribution in [0.15, 0.2) is 115 Å². The Bertz CT molecular complexity index is 1640. The molecule has 40 heavy (non-hydrogen) atoms. The lowest BCUT2D eigenvalue weighted by Gasteiger charge is -2.27. The molecule has 7 nitrogen and oxygen atoms in total. The SMILES string of the molecule is C=CCNC(=O)c1ccccc1NC(=O)c1ccccc1N(Cc1ccc(Cl)cc1)S(=O)(=O)c1ccc(C)cc1. The zero-order valence-electron chi connectivity index (χ0n) is 21.8. The average Bonchev–Trinajstić information content (AvgIpc) is 2.96. The van der Waals surface area contributed by atoms with Crippen molar-refractivity contribution in [2.24, 2.45) is 0 Å². The number of sulfonamides is 1. The van der Waals surface area contributed by atoms with E-state index >= 15 is 0 Å². The smallest absolute Gasteiger partial charge is 0.264 e. The van der Waals surface area contributed by atoms with Gasteiger partial charge in [0.25, 0.3) is 21.8 Å². The van der Waals surface area contributed by atoms with E-state index in [0.717, 1.165) is 5.56 Å². The third kappa shape index (κ3) is 6.59. The van der Waals surface area contributed by atoms with Crippen LogP contribution in [0.2, 0.25) is 5.02 Å². The number of nitrogens with zero attached hydrogens (tertiary/aromatic N) is 1. The molecule has 0 saturated heterocycles. The van der Waals surface area contributed by atoms with Gasteiger partial charge in [0.15, 0.2) is 0 Å².